The fourth-order valence-corrected chi connectivity index (χ4v) is 1.53. The van der Waals surface area contributed by atoms with Gasteiger partial charge in [0.15, 0.2) is 0 Å². The van der Waals surface area contributed by atoms with E-state index in [0.717, 1.165) is 12.8 Å². The molecule has 1 rings (SSSR count). The zero-order chi connectivity index (χ0) is 11.3. The average molecular weight is 211 g/mol. The molecule has 0 fully saturated rings. The summed E-state index contributed by atoms with van der Waals surface area (Å²) in [7, 11) is 0. The van der Waals surface area contributed by atoms with Crippen LogP contribution < -0.4 is 10.5 Å². The Morgan fingerprint density at radius 3 is 2.80 bits per heavy atom. The molecular formula is C12H18FNO. The Bertz CT molecular complexity index is 314. The minimum absolute atomic E-state index is 0.0992. The molecule has 0 aliphatic rings. The Hall–Kier alpha value is -1.09. The smallest absolute Gasteiger partial charge is 0.131 e. The van der Waals surface area contributed by atoms with Crippen LogP contribution >= 0.6 is 0 Å². The Morgan fingerprint density at radius 1 is 1.47 bits per heavy atom. The van der Waals surface area contributed by atoms with Crippen molar-refractivity contribution < 1.29 is 9.13 Å². The lowest BCUT2D eigenvalue weighted by atomic mass is 10.1. The number of hydrogen-bond acceptors (Lipinski definition) is 2. The first kappa shape index (κ1) is 12.0. The molecular weight excluding hydrogens is 193 g/mol. The normalized spacial score (nSPS) is 12.5. The molecule has 3 heteroatoms. The second kappa shape index (κ2) is 5.71. The fourth-order valence-electron chi connectivity index (χ4n) is 1.53. The molecule has 1 unspecified atom stereocenters. The largest absolute Gasteiger partial charge is 0.490 e. The predicted molar refractivity (Wildman–Crippen MR) is 59.3 cm³/mol. The van der Waals surface area contributed by atoms with Gasteiger partial charge in [-0.05, 0) is 25.5 Å². The van der Waals surface area contributed by atoms with Crippen molar-refractivity contribution in [2.75, 3.05) is 0 Å². The van der Waals surface area contributed by atoms with Crippen LogP contribution in [0.15, 0.2) is 18.2 Å². The molecule has 0 amide bonds. The van der Waals surface area contributed by atoms with E-state index in [0.29, 0.717) is 11.3 Å². The summed E-state index contributed by atoms with van der Waals surface area (Å²) >= 11 is 0. The average Bonchev–Trinajstić information content (AvgIpc) is 2.18. The minimum Gasteiger partial charge on any atom is -0.490 e. The number of rotatable bonds is 5. The van der Waals surface area contributed by atoms with Crippen molar-refractivity contribution in [3.05, 3.63) is 29.6 Å². The second-order valence-corrected chi connectivity index (χ2v) is 3.64. The molecule has 0 saturated carbocycles. The molecule has 0 bridgehead atoms. The van der Waals surface area contributed by atoms with Crippen molar-refractivity contribution in [2.45, 2.75) is 39.3 Å². The maximum Gasteiger partial charge on any atom is 0.131 e. The van der Waals surface area contributed by atoms with Crippen LogP contribution in [0, 0.1) is 5.82 Å². The van der Waals surface area contributed by atoms with E-state index < -0.39 is 0 Å². The van der Waals surface area contributed by atoms with Crippen molar-refractivity contribution in [3.63, 3.8) is 0 Å². The van der Waals surface area contributed by atoms with Gasteiger partial charge >= 0.3 is 0 Å². The van der Waals surface area contributed by atoms with Gasteiger partial charge in [-0.1, -0.05) is 19.4 Å². The lowest BCUT2D eigenvalue weighted by Gasteiger charge is -2.16. The van der Waals surface area contributed by atoms with Crippen LogP contribution in [-0.2, 0) is 6.54 Å². The third-order valence-corrected chi connectivity index (χ3v) is 2.30. The van der Waals surface area contributed by atoms with Crippen molar-refractivity contribution in [3.8, 4) is 5.75 Å². The van der Waals surface area contributed by atoms with Crippen molar-refractivity contribution in [1.29, 1.82) is 0 Å². The van der Waals surface area contributed by atoms with Crippen LogP contribution in [-0.4, -0.2) is 6.10 Å². The molecule has 0 spiro atoms. The summed E-state index contributed by atoms with van der Waals surface area (Å²) in [6.07, 6.45) is 2.11. The van der Waals surface area contributed by atoms with E-state index >= 15 is 0 Å². The van der Waals surface area contributed by atoms with Gasteiger partial charge in [-0.2, -0.15) is 0 Å². The zero-order valence-electron chi connectivity index (χ0n) is 9.29. The molecule has 1 aromatic rings. The van der Waals surface area contributed by atoms with Crippen LogP contribution in [0.3, 0.4) is 0 Å². The molecule has 84 valence electrons. The summed E-state index contributed by atoms with van der Waals surface area (Å²) < 4.78 is 19.0. The van der Waals surface area contributed by atoms with Gasteiger partial charge in [-0.15, -0.1) is 0 Å². The first-order valence-corrected chi connectivity index (χ1v) is 5.33. The van der Waals surface area contributed by atoms with Crippen LogP contribution in [0.25, 0.3) is 0 Å². The molecule has 15 heavy (non-hydrogen) atoms. The Kier molecular flexibility index (Phi) is 4.56. The number of benzene rings is 1. The first-order valence-electron chi connectivity index (χ1n) is 5.33. The van der Waals surface area contributed by atoms with Gasteiger partial charge in [0.1, 0.15) is 11.6 Å². The van der Waals surface area contributed by atoms with Crippen molar-refractivity contribution in [2.24, 2.45) is 5.73 Å². The fraction of sp³-hybridized carbons (Fsp3) is 0.500. The standard InChI is InChI=1S/C12H18FNO/c1-3-5-9(2)15-12-7-4-6-11(13)10(12)8-14/h4,6-7,9H,3,5,8,14H2,1-2H3. The molecule has 2 N–H and O–H groups in total. The molecule has 0 heterocycles. The SMILES string of the molecule is CCCC(C)Oc1cccc(F)c1CN. The summed E-state index contributed by atoms with van der Waals surface area (Å²) in [4.78, 5) is 0. The van der Waals surface area contributed by atoms with Crippen LogP contribution in [0.1, 0.15) is 32.3 Å². The van der Waals surface area contributed by atoms with Gasteiger partial charge < -0.3 is 10.5 Å². The summed E-state index contributed by atoms with van der Waals surface area (Å²) in [6.45, 7) is 4.24. The van der Waals surface area contributed by atoms with E-state index in [1.807, 2.05) is 6.92 Å². The molecule has 0 aliphatic carbocycles. The lowest BCUT2D eigenvalue weighted by molar-refractivity contribution is 0.207. The van der Waals surface area contributed by atoms with Gasteiger partial charge in [-0.25, -0.2) is 4.39 Å². The predicted octanol–water partition coefficient (Wildman–Crippen LogP) is 2.85. The van der Waals surface area contributed by atoms with E-state index in [-0.39, 0.29) is 18.5 Å². The number of nitrogens with two attached hydrogens (primary N) is 1. The van der Waals surface area contributed by atoms with Gasteiger partial charge in [0, 0.05) is 12.1 Å². The minimum atomic E-state index is -0.293. The lowest BCUT2D eigenvalue weighted by Crippen LogP contribution is -2.14. The molecule has 1 atom stereocenters. The van der Waals surface area contributed by atoms with E-state index in [1.165, 1.54) is 6.07 Å². The maximum absolute atomic E-state index is 13.3. The highest BCUT2D eigenvalue weighted by molar-refractivity contribution is 5.34. The maximum atomic E-state index is 13.3. The Morgan fingerprint density at radius 2 is 2.20 bits per heavy atom. The molecule has 0 aromatic heterocycles. The monoisotopic (exact) mass is 211 g/mol. The van der Waals surface area contributed by atoms with Gasteiger partial charge in [0.25, 0.3) is 0 Å². The third kappa shape index (κ3) is 3.20. The van der Waals surface area contributed by atoms with E-state index in [1.54, 1.807) is 12.1 Å². The van der Waals surface area contributed by atoms with E-state index in [2.05, 4.69) is 6.92 Å². The molecule has 0 saturated heterocycles. The molecule has 0 radical (unpaired) electrons. The van der Waals surface area contributed by atoms with Crippen LogP contribution in [0.5, 0.6) is 5.75 Å². The van der Waals surface area contributed by atoms with E-state index in [9.17, 15) is 4.39 Å². The highest BCUT2D eigenvalue weighted by Crippen LogP contribution is 2.22. The number of ether oxygens (including phenoxy) is 1. The molecule has 1 aromatic carbocycles. The number of halogens is 1. The highest BCUT2D eigenvalue weighted by atomic mass is 19.1. The van der Waals surface area contributed by atoms with Crippen LogP contribution in [0.2, 0.25) is 0 Å². The summed E-state index contributed by atoms with van der Waals surface area (Å²) in [5.41, 5.74) is 5.94. The van der Waals surface area contributed by atoms with E-state index in [4.69, 9.17) is 10.5 Å². The number of hydrogen-bond donors (Lipinski definition) is 1. The highest BCUT2D eigenvalue weighted by Gasteiger charge is 2.10. The van der Waals surface area contributed by atoms with Gasteiger partial charge in [0.05, 0.1) is 6.10 Å². The first-order chi connectivity index (χ1) is 7.19. The Labute approximate surface area is 90.2 Å². The van der Waals surface area contributed by atoms with Gasteiger partial charge in [-0.3, -0.25) is 0 Å². The molecule has 0 aliphatic heterocycles. The quantitative estimate of drug-likeness (QED) is 0.812. The van der Waals surface area contributed by atoms with Crippen molar-refractivity contribution in [1.82, 2.24) is 0 Å². The summed E-state index contributed by atoms with van der Waals surface area (Å²) in [6, 6.07) is 4.81. The summed E-state index contributed by atoms with van der Waals surface area (Å²) in [5, 5.41) is 0. The Balaban J connectivity index is 2.80. The topological polar surface area (TPSA) is 35.2 Å². The molecule has 2 nitrogen and oxygen atoms in total. The van der Waals surface area contributed by atoms with Crippen molar-refractivity contribution >= 4 is 0 Å². The second-order valence-electron chi connectivity index (χ2n) is 3.64. The summed E-state index contributed by atoms with van der Waals surface area (Å²) in [5.74, 6) is 0.275. The van der Waals surface area contributed by atoms with Gasteiger partial charge in [0.2, 0.25) is 0 Å². The van der Waals surface area contributed by atoms with Crippen LogP contribution in [0.4, 0.5) is 4.39 Å². The zero-order valence-corrected chi connectivity index (χ0v) is 9.29. The third-order valence-electron chi connectivity index (χ3n) is 2.30.